The molecule has 0 unspecified atom stereocenters. The lowest BCUT2D eigenvalue weighted by atomic mass is 9.90. The first-order valence-corrected chi connectivity index (χ1v) is 9.76. The lowest BCUT2D eigenvalue weighted by molar-refractivity contribution is -0.899. The smallest absolute Gasteiger partial charge is 0.268 e. The number of carbonyl (C=O) groups is 2. The average Bonchev–Trinajstić information content (AvgIpc) is 2.91. The third kappa shape index (κ3) is 3.30. The van der Waals surface area contributed by atoms with Gasteiger partial charge in [0.2, 0.25) is 0 Å². The Bertz CT molecular complexity index is 878. The van der Waals surface area contributed by atoms with Crippen molar-refractivity contribution >= 4 is 23.1 Å². The number of anilines is 2. The minimum atomic E-state index is -1.74. The van der Waals surface area contributed by atoms with Crippen LogP contribution in [0.1, 0.15) is 18.9 Å². The highest BCUT2D eigenvalue weighted by atomic mass is 16.3. The van der Waals surface area contributed by atoms with Gasteiger partial charge in [0.15, 0.2) is 12.3 Å². The van der Waals surface area contributed by atoms with Crippen molar-refractivity contribution in [1.82, 2.24) is 0 Å². The molecule has 0 aromatic heterocycles. The first kappa shape index (κ1) is 18.7. The first-order valence-electron chi connectivity index (χ1n) is 9.76. The monoisotopic (exact) mass is 380 g/mol. The van der Waals surface area contributed by atoms with Gasteiger partial charge >= 0.3 is 0 Å². The van der Waals surface area contributed by atoms with E-state index in [0.717, 1.165) is 26.2 Å². The van der Waals surface area contributed by atoms with Crippen LogP contribution in [0.4, 0.5) is 11.4 Å². The van der Waals surface area contributed by atoms with E-state index in [4.69, 9.17) is 0 Å². The van der Waals surface area contributed by atoms with Gasteiger partial charge in [-0.05, 0) is 25.1 Å². The van der Waals surface area contributed by atoms with Crippen LogP contribution >= 0.6 is 0 Å². The second-order valence-corrected chi connectivity index (χ2v) is 7.72. The van der Waals surface area contributed by atoms with Gasteiger partial charge in [-0.25, -0.2) is 0 Å². The summed E-state index contributed by atoms with van der Waals surface area (Å²) < 4.78 is 0. The molecule has 4 rings (SSSR count). The highest BCUT2D eigenvalue weighted by molar-refractivity contribution is 6.08. The molecule has 0 aliphatic carbocycles. The summed E-state index contributed by atoms with van der Waals surface area (Å²) in [5.74, 6) is -0.585. The van der Waals surface area contributed by atoms with Crippen LogP contribution in [0.2, 0.25) is 0 Å². The van der Waals surface area contributed by atoms with Crippen molar-refractivity contribution in [2.45, 2.75) is 18.9 Å². The summed E-state index contributed by atoms with van der Waals surface area (Å²) in [5.41, 5.74) is 0.736. The van der Waals surface area contributed by atoms with Crippen molar-refractivity contribution in [3.63, 3.8) is 0 Å². The second kappa shape index (κ2) is 7.37. The Morgan fingerprint density at radius 1 is 1.07 bits per heavy atom. The quantitative estimate of drug-likeness (QED) is 0.796. The van der Waals surface area contributed by atoms with Crippen molar-refractivity contribution < 1.29 is 19.6 Å². The number of fused-ring (bicyclic) bond motifs is 1. The fourth-order valence-corrected chi connectivity index (χ4v) is 4.30. The van der Waals surface area contributed by atoms with E-state index in [1.807, 2.05) is 30.3 Å². The number of piperazine rings is 1. The van der Waals surface area contributed by atoms with Crippen LogP contribution in [0.5, 0.6) is 0 Å². The summed E-state index contributed by atoms with van der Waals surface area (Å²) in [6.45, 7) is 5.56. The molecule has 0 bridgehead atoms. The summed E-state index contributed by atoms with van der Waals surface area (Å²) in [6, 6.07) is 17.6. The van der Waals surface area contributed by atoms with E-state index in [0.29, 0.717) is 17.9 Å². The third-order valence-electron chi connectivity index (χ3n) is 5.72. The van der Waals surface area contributed by atoms with Gasteiger partial charge in [0.25, 0.3) is 5.91 Å². The Hall–Kier alpha value is -2.70. The summed E-state index contributed by atoms with van der Waals surface area (Å²) in [4.78, 5) is 30.1. The number of benzene rings is 2. The number of rotatable bonds is 5. The molecule has 6 heteroatoms. The number of para-hydroxylation sites is 2. The third-order valence-corrected chi connectivity index (χ3v) is 5.72. The number of nitrogens with one attached hydrogen (secondary N) is 1. The molecule has 2 heterocycles. The Morgan fingerprint density at radius 3 is 2.39 bits per heavy atom. The molecular formula is C22H26N3O3+. The molecule has 2 N–H and O–H groups in total. The van der Waals surface area contributed by atoms with Crippen LogP contribution in [-0.4, -0.2) is 49.6 Å². The summed E-state index contributed by atoms with van der Waals surface area (Å²) in [6.07, 6.45) is -0.184. The lowest BCUT2D eigenvalue weighted by Crippen LogP contribution is -3.16. The number of ketones is 1. The van der Waals surface area contributed by atoms with Gasteiger partial charge in [0, 0.05) is 17.7 Å². The second-order valence-electron chi connectivity index (χ2n) is 7.72. The van der Waals surface area contributed by atoms with E-state index >= 15 is 0 Å². The topological polar surface area (TPSA) is 65.3 Å². The van der Waals surface area contributed by atoms with Gasteiger partial charge < -0.3 is 14.9 Å². The Labute approximate surface area is 165 Å². The molecule has 0 saturated carbocycles. The number of hydrogen-bond donors (Lipinski definition) is 2. The largest absolute Gasteiger partial charge is 0.375 e. The van der Waals surface area contributed by atoms with Crippen LogP contribution in [0.25, 0.3) is 0 Å². The van der Waals surface area contributed by atoms with E-state index in [-0.39, 0.29) is 18.1 Å². The molecule has 1 saturated heterocycles. The number of aliphatic hydroxyl groups is 1. The van der Waals surface area contributed by atoms with Gasteiger partial charge in [-0.1, -0.05) is 36.4 Å². The highest BCUT2D eigenvalue weighted by Crippen LogP contribution is 2.41. The molecule has 146 valence electrons. The number of hydrogen-bond acceptors (Lipinski definition) is 4. The fourth-order valence-electron chi connectivity index (χ4n) is 4.30. The summed E-state index contributed by atoms with van der Waals surface area (Å²) in [7, 11) is 0. The van der Waals surface area contributed by atoms with Crippen molar-refractivity contribution in [2.75, 3.05) is 42.6 Å². The average molecular weight is 380 g/mol. The molecule has 2 aromatic carbocycles. The maximum absolute atomic E-state index is 13.1. The van der Waals surface area contributed by atoms with Crippen LogP contribution in [-0.2, 0) is 15.2 Å². The van der Waals surface area contributed by atoms with Crippen LogP contribution < -0.4 is 14.7 Å². The molecule has 0 radical (unpaired) electrons. The van der Waals surface area contributed by atoms with Crippen LogP contribution in [0.15, 0.2) is 54.6 Å². The Kier molecular flexibility index (Phi) is 4.91. The van der Waals surface area contributed by atoms with Crippen molar-refractivity contribution in [1.29, 1.82) is 0 Å². The number of quaternary nitrogens is 1. The fraction of sp³-hybridized carbons (Fsp3) is 0.364. The van der Waals surface area contributed by atoms with Crippen molar-refractivity contribution in [2.24, 2.45) is 0 Å². The predicted molar refractivity (Wildman–Crippen MR) is 107 cm³/mol. The van der Waals surface area contributed by atoms with Crippen molar-refractivity contribution in [3.8, 4) is 0 Å². The zero-order chi connectivity index (χ0) is 19.7. The SMILES string of the molecule is CC(=O)C[C@@]1(O)C(=O)N(C[NH+]2CCN(c3ccccc3)CC2)c2ccccc21. The first-order chi connectivity index (χ1) is 13.5. The Morgan fingerprint density at radius 2 is 1.71 bits per heavy atom. The molecule has 0 spiro atoms. The molecule has 1 amide bonds. The van der Waals surface area contributed by atoms with E-state index in [1.54, 1.807) is 17.0 Å². The minimum absolute atomic E-state index is 0.184. The minimum Gasteiger partial charge on any atom is -0.375 e. The van der Waals surface area contributed by atoms with Crippen molar-refractivity contribution in [3.05, 3.63) is 60.2 Å². The molecule has 1 atom stereocenters. The highest BCUT2D eigenvalue weighted by Gasteiger charge is 2.51. The zero-order valence-electron chi connectivity index (χ0n) is 16.1. The number of carbonyl (C=O) groups excluding carboxylic acids is 2. The van der Waals surface area contributed by atoms with E-state index in [1.165, 1.54) is 17.5 Å². The molecule has 6 nitrogen and oxygen atoms in total. The molecular weight excluding hydrogens is 354 g/mol. The van der Waals surface area contributed by atoms with E-state index < -0.39 is 5.60 Å². The van der Waals surface area contributed by atoms with Gasteiger partial charge in [-0.2, -0.15) is 0 Å². The van der Waals surface area contributed by atoms with Gasteiger partial charge in [-0.15, -0.1) is 0 Å². The standard InChI is InChI=1S/C22H25N3O3/c1-17(26)15-22(28)19-9-5-6-10-20(19)25(21(22)27)16-23-11-13-24(14-12-23)18-7-3-2-4-8-18/h2-10,28H,11-16H2,1H3/p+1/t22-/m0/s1. The van der Waals surface area contributed by atoms with Gasteiger partial charge in [0.05, 0.1) is 31.9 Å². The molecule has 2 aromatic rings. The number of nitrogens with zero attached hydrogens (tertiary/aromatic N) is 2. The molecule has 1 fully saturated rings. The van der Waals surface area contributed by atoms with Crippen LogP contribution in [0, 0.1) is 0 Å². The summed E-state index contributed by atoms with van der Waals surface area (Å²) >= 11 is 0. The summed E-state index contributed by atoms with van der Waals surface area (Å²) in [5, 5.41) is 11.0. The van der Waals surface area contributed by atoms with E-state index in [9.17, 15) is 14.7 Å². The van der Waals surface area contributed by atoms with Crippen LogP contribution in [0.3, 0.4) is 0 Å². The predicted octanol–water partition coefficient (Wildman–Crippen LogP) is 0.563. The molecule has 2 aliphatic heterocycles. The van der Waals surface area contributed by atoms with Gasteiger partial charge in [0.1, 0.15) is 5.78 Å². The zero-order valence-corrected chi connectivity index (χ0v) is 16.1. The molecule has 28 heavy (non-hydrogen) atoms. The number of amides is 1. The maximum Gasteiger partial charge on any atom is 0.268 e. The lowest BCUT2D eigenvalue weighted by Gasteiger charge is -2.35. The van der Waals surface area contributed by atoms with E-state index in [2.05, 4.69) is 17.0 Å². The maximum atomic E-state index is 13.1. The Balaban J connectivity index is 1.48. The molecule has 2 aliphatic rings. The van der Waals surface area contributed by atoms with Gasteiger partial charge in [-0.3, -0.25) is 14.5 Å². The normalized spacial score (nSPS) is 22.4. The number of Topliss-reactive ketones (excluding diaryl/α,β-unsaturated/α-hetero) is 1.